The molecule has 2 aliphatic heterocycles. The molecule has 0 spiro atoms. The molecular formula is C25H21ClN4O3S. The number of rotatable bonds is 5. The number of aryl methyl sites for hydroxylation is 1. The maximum atomic E-state index is 12.7. The van der Waals surface area contributed by atoms with E-state index in [2.05, 4.69) is 10.3 Å². The molecule has 0 saturated heterocycles. The third kappa shape index (κ3) is 4.64. The second-order valence-corrected chi connectivity index (χ2v) is 9.65. The van der Waals surface area contributed by atoms with Crippen LogP contribution in [0.5, 0.6) is 0 Å². The molecule has 0 bridgehead atoms. The number of hydrogen-bond donors (Lipinski definition) is 1. The minimum atomic E-state index is -0.606. The molecule has 0 radical (unpaired) electrons. The predicted molar refractivity (Wildman–Crippen MR) is 134 cm³/mol. The third-order valence-corrected chi connectivity index (χ3v) is 7.07. The monoisotopic (exact) mass is 492 g/mol. The van der Waals surface area contributed by atoms with E-state index in [0.717, 1.165) is 28.3 Å². The number of nitrogens with one attached hydrogen (secondary N) is 1. The molecule has 9 heteroatoms. The van der Waals surface area contributed by atoms with E-state index in [0.29, 0.717) is 16.6 Å². The SMILES string of the molecule is Cc1ccccc1NC(=O)C[C@H]1SC(N2N=C(c3ccc(Cl)cc3)C[C@@H]2c2ccco2)=NC1=O. The van der Waals surface area contributed by atoms with Crippen LogP contribution in [0.15, 0.2) is 81.4 Å². The van der Waals surface area contributed by atoms with E-state index in [9.17, 15) is 9.59 Å². The lowest BCUT2D eigenvalue weighted by molar-refractivity contribution is -0.121. The van der Waals surface area contributed by atoms with Crippen molar-refractivity contribution in [1.29, 1.82) is 0 Å². The largest absolute Gasteiger partial charge is 0.467 e. The van der Waals surface area contributed by atoms with Crippen LogP contribution in [0.4, 0.5) is 5.69 Å². The smallest absolute Gasteiger partial charge is 0.262 e. The molecule has 1 N–H and O–H groups in total. The molecule has 2 amide bonds. The number of thioether (sulfide) groups is 1. The van der Waals surface area contributed by atoms with Crippen LogP contribution < -0.4 is 5.32 Å². The number of furan rings is 1. The fraction of sp³-hybridized carbons (Fsp3) is 0.200. The standard InChI is InChI=1S/C25H21ClN4O3S/c1-15-5-2-3-6-18(15)27-23(31)14-22-24(32)28-25(34-22)30-20(21-7-4-12-33-21)13-19(29-30)16-8-10-17(26)11-9-16/h2-12,20,22H,13-14H2,1H3,(H,27,31)/t20-,22-/m1/s1. The molecular weight excluding hydrogens is 472 g/mol. The van der Waals surface area contributed by atoms with E-state index in [-0.39, 0.29) is 24.3 Å². The first-order valence-electron chi connectivity index (χ1n) is 10.8. The van der Waals surface area contributed by atoms with E-state index in [4.69, 9.17) is 21.1 Å². The van der Waals surface area contributed by atoms with Gasteiger partial charge < -0.3 is 9.73 Å². The van der Waals surface area contributed by atoms with Crippen LogP contribution in [0.1, 0.15) is 35.8 Å². The summed E-state index contributed by atoms with van der Waals surface area (Å²) in [5.41, 5.74) is 3.47. The van der Waals surface area contributed by atoms with Gasteiger partial charge in [0.05, 0.1) is 12.0 Å². The quantitative estimate of drug-likeness (QED) is 0.514. The van der Waals surface area contributed by atoms with Crippen LogP contribution in [0.2, 0.25) is 5.02 Å². The Morgan fingerprint density at radius 1 is 1.18 bits per heavy atom. The average Bonchev–Trinajstić information content (AvgIpc) is 3.56. The van der Waals surface area contributed by atoms with Gasteiger partial charge in [-0.15, -0.1) is 0 Å². The average molecular weight is 493 g/mol. The summed E-state index contributed by atoms with van der Waals surface area (Å²) in [6.45, 7) is 1.92. The molecule has 0 aliphatic carbocycles. The zero-order valence-corrected chi connectivity index (χ0v) is 19.8. The zero-order valence-electron chi connectivity index (χ0n) is 18.3. The lowest BCUT2D eigenvalue weighted by Crippen LogP contribution is -2.25. The highest BCUT2D eigenvalue weighted by Gasteiger charge is 2.40. The second-order valence-electron chi connectivity index (χ2n) is 8.04. The summed E-state index contributed by atoms with van der Waals surface area (Å²) in [4.78, 5) is 29.5. The van der Waals surface area contributed by atoms with E-state index >= 15 is 0 Å². The number of hydrazone groups is 1. The molecule has 0 fully saturated rings. The van der Waals surface area contributed by atoms with Crippen molar-refractivity contribution < 1.29 is 14.0 Å². The molecule has 7 nitrogen and oxygen atoms in total. The minimum Gasteiger partial charge on any atom is -0.467 e. The van der Waals surface area contributed by atoms with Gasteiger partial charge in [0.25, 0.3) is 5.91 Å². The Kier molecular flexibility index (Phi) is 6.26. The first-order valence-corrected chi connectivity index (χ1v) is 12.0. The molecule has 172 valence electrons. The summed E-state index contributed by atoms with van der Waals surface area (Å²) in [6, 6.07) is 18.5. The summed E-state index contributed by atoms with van der Waals surface area (Å²) in [6.07, 6.45) is 2.22. The summed E-state index contributed by atoms with van der Waals surface area (Å²) < 4.78 is 5.66. The highest BCUT2D eigenvalue weighted by atomic mass is 35.5. The Morgan fingerprint density at radius 2 is 1.97 bits per heavy atom. The highest BCUT2D eigenvalue weighted by molar-refractivity contribution is 8.15. The molecule has 2 aromatic carbocycles. The van der Waals surface area contributed by atoms with Gasteiger partial charge in [-0.2, -0.15) is 10.1 Å². The summed E-state index contributed by atoms with van der Waals surface area (Å²) in [5.74, 6) is 0.156. The Balaban J connectivity index is 1.33. The number of halogens is 1. The number of carbonyl (C=O) groups excluding carboxylic acids is 2. The topological polar surface area (TPSA) is 87.3 Å². The number of anilines is 1. The van der Waals surface area contributed by atoms with E-state index < -0.39 is 5.25 Å². The number of hydrogen-bond acceptors (Lipinski definition) is 6. The van der Waals surface area contributed by atoms with Crippen molar-refractivity contribution in [2.75, 3.05) is 5.32 Å². The summed E-state index contributed by atoms with van der Waals surface area (Å²) >= 11 is 7.29. The fourth-order valence-electron chi connectivity index (χ4n) is 3.89. The lowest BCUT2D eigenvalue weighted by atomic mass is 10.0. The zero-order chi connectivity index (χ0) is 23.7. The van der Waals surface area contributed by atoms with E-state index in [1.165, 1.54) is 11.8 Å². The van der Waals surface area contributed by atoms with Gasteiger partial charge in [0.1, 0.15) is 17.1 Å². The van der Waals surface area contributed by atoms with Crippen molar-refractivity contribution in [3.63, 3.8) is 0 Å². The second kappa shape index (κ2) is 9.48. The van der Waals surface area contributed by atoms with Gasteiger partial charge in [-0.25, -0.2) is 5.01 Å². The first kappa shape index (κ1) is 22.4. The van der Waals surface area contributed by atoms with Crippen LogP contribution in [0.25, 0.3) is 0 Å². The van der Waals surface area contributed by atoms with Crippen molar-refractivity contribution in [1.82, 2.24) is 5.01 Å². The van der Waals surface area contributed by atoms with Gasteiger partial charge >= 0.3 is 0 Å². The predicted octanol–water partition coefficient (Wildman–Crippen LogP) is 5.42. The molecule has 34 heavy (non-hydrogen) atoms. The Hall–Kier alpha value is -3.36. The molecule has 5 rings (SSSR count). The van der Waals surface area contributed by atoms with Crippen molar-refractivity contribution in [2.24, 2.45) is 10.1 Å². The van der Waals surface area contributed by atoms with Crippen molar-refractivity contribution in [3.05, 3.63) is 88.8 Å². The molecule has 2 aliphatic rings. The van der Waals surface area contributed by atoms with Crippen LogP contribution >= 0.6 is 23.4 Å². The first-order chi connectivity index (χ1) is 16.5. The number of amidine groups is 1. The van der Waals surface area contributed by atoms with Crippen LogP contribution in [0, 0.1) is 6.92 Å². The fourth-order valence-corrected chi connectivity index (χ4v) is 5.08. The summed E-state index contributed by atoms with van der Waals surface area (Å²) in [5, 5.41) is 9.89. The van der Waals surface area contributed by atoms with Crippen molar-refractivity contribution in [2.45, 2.75) is 31.1 Å². The van der Waals surface area contributed by atoms with Gasteiger partial charge in [0, 0.05) is 23.6 Å². The molecule has 3 heterocycles. The number of nitrogens with zero attached hydrogens (tertiary/aromatic N) is 3. The number of para-hydroxylation sites is 1. The maximum Gasteiger partial charge on any atom is 0.262 e. The molecule has 0 unspecified atom stereocenters. The maximum absolute atomic E-state index is 12.7. The van der Waals surface area contributed by atoms with Gasteiger partial charge in [0.2, 0.25) is 5.91 Å². The normalized spacial score (nSPS) is 19.8. The minimum absolute atomic E-state index is 0.0256. The Labute approximate surface area is 205 Å². The van der Waals surface area contributed by atoms with Crippen LogP contribution in [0.3, 0.4) is 0 Å². The molecule has 0 saturated carbocycles. The number of amides is 2. The van der Waals surface area contributed by atoms with Gasteiger partial charge in [-0.3, -0.25) is 9.59 Å². The van der Waals surface area contributed by atoms with Crippen LogP contribution in [-0.2, 0) is 9.59 Å². The molecule has 1 aromatic heterocycles. The number of carbonyl (C=O) groups is 2. The van der Waals surface area contributed by atoms with Gasteiger partial charge in [-0.1, -0.05) is 53.7 Å². The van der Waals surface area contributed by atoms with Gasteiger partial charge in [0.15, 0.2) is 5.17 Å². The molecule has 2 atom stereocenters. The number of benzene rings is 2. The highest BCUT2D eigenvalue weighted by Crippen LogP contribution is 2.38. The van der Waals surface area contributed by atoms with E-state index in [1.807, 2.05) is 67.6 Å². The third-order valence-electron chi connectivity index (χ3n) is 5.67. The Morgan fingerprint density at radius 3 is 2.71 bits per heavy atom. The van der Waals surface area contributed by atoms with Gasteiger partial charge in [-0.05, 0) is 48.4 Å². The lowest BCUT2D eigenvalue weighted by Gasteiger charge is -2.21. The summed E-state index contributed by atoms with van der Waals surface area (Å²) in [7, 11) is 0. The Bertz CT molecular complexity index is 1290. The van der Waals surface area contributed by atoms with Crippen LogP contribution in [-0.4, -0.2) is 33.0 Å². The van der Waals surface area contributed by atoms with Crippen molar-refractivity contribution in [3.8, 4) is 0 Å². The van der Waals surface area contributed by atoms with Crippen molar-refractivity contribution >= 4 is 51.7 Å². The number of aliphatic imine (C=N–C) groups is 1. The van der Waals surface area contributed by atoms with E-state index in [1.54, 1.807) is 11.3 Å². The molecule has 3 aromatic rings.